The van der Waals surface area contributed by atoms with Crippen LogP contribution < -0.4 is 5.73 Å². The van der Waals surface area contributed by atoms with Crippen molar-refractivity contribution in [2.75, 3.05) is 6.54 Å². The van der Waals surface area contributed by atoms with Crippen LogP contribution in [0.25, 0.3) is 0 Å². The average Bonchev–Trinajstić information content (AvgIpc) is 2.76. The van der Waals surface area contributed by atoms with E-state index in [0.717, 1.165) is 19.4 Å². The standard InChI is InChI=1S/C17H21N.4C2H6/c1-14-7-5-6-10-16(14)13-17(11-12-18)15-8-3-2-4-9-15;4*1-2/h2-10,17H,11-13,18H2,1H3;4*1-2H3. The molecule has 1 heteroatoms. The van der Waals surface area contributed by atoms with E-state index in [1.54, 1.807) is 0 Å². The quantitative estimate of drug-likeness (QED) is 0.579. The molecule has 2 rings (SSSR count). The van der Waals surface area contributed by atoms with Crippen molar-refractivity contribution in [3.8, 4) is 0 Å². The maximum Gasteiger partial charge on any atom is -0.00713 e. The van der Waals surface area contributed by atoms with Crippen LogP contribution in [0.3, 0.4) is 0 Å². The van der Waals surface area contributed by atoms with Gasteiger partial charge in [-0.2, -0.15) is 0 Å². The van der Waals surface area contributed by atoms with Crippen LogP contribution in [0.5, 0.6) is 0 Å². The van der Waals surface area contributed by atoms with Gasteiger partial charge in [0.05, 0.1) is 0 Å². The molecule has 2 N–H and O–H groups in total. The Hall–Kier alpha value is -1.60. The molecule has 0 heterocycles. The van der Waals surface area contributed by atoms with Crippen molar-refractivity contribution in [3.05, 3.63) is 71.3 Å². The van der Waals surface area contributed by atoms with Gasteiger partial charge in [0.25, 0.3) is 0 Å². The minimum Gasteiger partial charge on any atom is -0.330 e. The van der Waals surface area contributed by atoms with Crippen LogP contribution in [0.1, 0.15) is 84.4 Å². The van der Waals surface area contributed by atoms with E-state index in [-0.39, 0.29) is 0 Å². The summed E-state index contributed by atoms with van der Waals surface area (Å²) in [6.45, 7) is 18.9. The highest BCUT2D eigenvalue weighted by Crippen LogP contribution is 2.25. The maximum absolute atomic E-state index is 5.76. The van der Waals surface area contributed by atoms with Crippen molar-refractivity contribution in [1.29, 1.82) is 0 Å². The third-order valence-electron chi connectivity index (χ3n) is 3.51. The number of hydrogen-bond acceptors (Lipinski definition) is 1. The molecule has 0 aliphatic heterocycles. The Morgan fingerprint density at radius 3 is 1.62 bits per heavy atom. The van der Waals surface area contributed by atoms with Crippen LogP contribution in [-0.2, 0) is 6.42 Å². The van der Waals surface area contributed by atoms with E-state index in [9.17, 15) is 0 Å². The molecule has 1 nitrogen and oxygen atoms in total. The molecule has 1 unspecified atom stereocenters. The van der Waals surface area contributed by atoms with Gasteiger partial charge in [-0.25, -0.2) is 0 Å². The van der Waals surface area contributed by atoms with Gasteiger partial charge in [-0.05, 0) is 48.9 Å². The minimum atomic E-state index is 0.525. The van der Waals surface area contributed by atoms with E-state index in [2.05, 4.69) is 61.5 Å². The van der Waals surface area contributed by atoms with Crippen molar-refractivity contribution in [2.45, 2.75) is 81.1 Å². The molecule has 0 spiro atoms. The molecule has 0 radical (unpaired) electrons. The fraction of sp³-hybridized carbons (Fsp3) is 0.520. The Kier molecular flexibility index (Phi) is 26.3. The highest BCUT2D eigenvalue weighted by Gasteiger charge is 2.12. The molecule has 2 aromatic rings. The van der Waals surface area contributed by atoms with Gasteiger partial charge in [0.15, 0.2) is 0 Å². The molecule has 0 aliphatic rings. The van der Waals surface area contributed by atoms with Gasteiger partial charge in [-0.3, -0.25) is 0 Å². The molecule has 26 heavy (non-hydrogen) atoms. The first-order chi connectivity index (χ1) is 12.8. The Morgan fingerprint density at radius 1 is 0.692 bits per heavy atom. The molecule has 0 aromatic heterocycles. The number of benzene rings is 2. The van der Waals surface area contributed by atoms with Crippen LogP contribution >= 0.6 is 0 Å². The summed E-state index contributed by atoms with van der Waals surface area (Å²) < 4.78 is 0. The van der Waals surface area contributed by atoms with Gasteiger partial charge in [0.1, 0.15) is 0 Å². The molecule has 0 bridgehead atoms. The van der Waals surface area contributed by atoms with Crippen molar-refractivity contribution in [1.82, 2.24) is 0 Å². The molecule has 0 saturated heterocycles. The summed E-state index contributed by atoms with van der Waals surface area (Å²) in [5.41, 5.74) is 9.95. The zero-order valence-electron chi connectivity index (χ0n) is 19.0. The second-order valence-corrected chi connectivity index (χ2v) is 4.82. The van der Waals surface area contributed by atoms with Crippen molar-refractivity contribution in [3.63, 3.8) is 0 Å². The first-order valence-corrected chi connectivity index (χ1v) is 10.6. The monoisotopic (exact) mass is 359 g/mol. The summed E-state index contributed by atoms with van der Waals surface area (Å²) >= 11 is 0. The summed E-state index contributed by atoms with van der Waals surface area (Å²) in [6.07, 6.45) is 2.12. The Bertz CT molecular complexity index is 477. The summed E-state index contributed by atoms with van der Waals surface area (Å²) in [5, 5.41) is 0. The Labute approximate surface area is 165 Å². The van der Waals surface area contributed by atoms with Crippen molar-refractivity contribution < 1.29 is 0 Å². The number of rotatable bonds is 5. The van der Waals surface area contributed by atoms with Gasteiger partial charge in [0.2, 0.25) is 0 Å². The second-order valence-electron chi connectivity index (χ2n) is 4.82. The predicted octanol–water partition coefficient (Wildman–Crippen LogP) is 7.77. The van der Waals surface area contributed by atoms with Gasteiger partial charge in [0, 0.05) is 0 Å². The predicted molar refractivity (Wildman–Crippen MR) is 123 cm³/mol. The summed E-state index contributed by atoms with van der Waals surface area (Å²) in [4.78, 5) is 0. The normalized spacial score (nSPS) is 9.46. The lowest BCUT2D eigenvalue weighted by Crippen LogP contribution is -2.10. The molecule has 2 aromatic carbocycles. The topological polar surface area (TPSA) is 26.0 Å². The van der Waals surface area contributed by atoms with Gasteiger partial charge < -0.3 is 5.73 Å². The van der Waals surface area contributed by atoms with E-state index >= 15 is 0 Å². The van der Waals surface area contributed by atoms with Crippen LogP contribution in [0, 0.1) is 6.92 Å². The smallest absolute Gasteiger partial charge is 0.00713 e. The average molecular weight is 360 g/mol. The van der Waals surface area contributed by atoms with Crippen molar-refractivity contribution in [2.24, 2.45) is 5.73 Å². The zero-order valence-corrected chi connectivity index (χ0v) is 19.0. The highest BCUT2D eigenvalue weighted by molar-refractivity contribution is 5.29. The SMILES string of the molecule is CC.CC.CC.CC.Cc1ccccc1CC(CCN)c1ccccc1. The third kappa shape index (κ3) is 12.7. The summed E-state index contributed by atoms with van der Waals surface area (Å²) in [5.74, 6) is 0.525. The van der Waals surface area contributed by atoms with Crippen LogP contribution in [0.2, 0.25) is 0 Å². The maximum atomic E-state index is 5.76. The number of hydrogen-bond donors (Lipinski definition) is 1. The van der Waals surface area contributed by atoms with E-state index in [4.69, 9.17) is 5.73 Å². The fourth-order valence-electron chi connectivity index (χ4n) is 2.42. The molecule has 0 saturated carbocycles. The summed E-state index contributed by atoms with van der Waals surface area (Å²) in [6, 6.07) is 19.3. The zero-order chi connectivity index (χ0) is 20.8. The lowest BCUT2D eigenvalue weighted by molar-refractivity contribution is 0.628. The lowest BCUT2D eigenvalue weighted by atomic mass is 9.88. The van der Waals surface area contributed by atoms with Crippen LogP contribution in [-0.4, -0.2) is 6.54 Å². The van der Waals surface area contributed by atoms with Gasteiger partial charge in [-0.1, -0.05) is 110 Å². The first kappa shape index (κ1) is 29.2. The van der Waals surface area contributed by atoms with Crippen LogP contribution in [0.4, 0.5) is 0 Å². The molecular weight excluding hydrogens is 314 g/mol. The van der Waals surface area contributed by atoms with E-state index < -0.39 is 0 Å². The Morgan fingerprint density at radius 2 is 1.15 bits per heavy atom. The number of nitrogens with two attached hydrogens (primary N) is 1. The van der Waals surface area contributed by atoms with Gasteiger partial charge >= 0.3 is 0 Å². The molecule has 0 amide bonds. The largest absolute Gasteiger partial charge is 0.330 e. The van der Waals surface area contributed by atoms with Gasteiger partial charge in [-0.15, -0.1) is 0 Å². The molecular formula is C25H45N. The lowest BCUT2D eigenvalue weighted by Gasteiger charge is -2.18. The second kappa shape index (κ2) is 23.4. The molecule has 0 fully saturated rings. The van der Waals surface area contributed by atoms with E-state index in [1.807, 2.05) is 55.4 Å². The van der Waals surface area contributed by atoms with E-state index in [0.29, 0.717) is 5.92 Å². The molecule has 0 aliphatic carbocycles. The summed E-state index contributed by atoms with van der Waals surface area (Å²) in [7, 11) is 0. The fourth-order valence-corrected chi connectivity index (χ4v) is 2.42. The van der Waals surface area contributed by atoms with E-state index in [1.165, 1.54) is 16.7 Å². The van der Waals surface area contributed by atoms with Crippen molar-refractivity contribution >= 4 is 0 Å². The Balaban J connectivity index is -0.000000585. The molecule has 150 valence electrons. The molecule has 1 atom stereocenters. The third-order valence-corrected chi connectivity index (χ3v) is 3.51. The van der Waals surface area contributed by atoms with Crippen LogP contribution in [0.15, 0.2) is 54.6 Å². The highest BCUT2D eigenvalue weighted by atomic mass is 14.5. The number of aryl methyl sites for hydroxylation is 1. The first-order valence-electron chi connectivity index (χ1n) is 10.6. The minimum absolute atomic E-state index is 0.525.